The molecule has 3 aromatic rings. The number of imide groups is 1. The molecule has 45 heavy (non-hydrogen) atoms. The number of halogens is 2. The fraction of sp³-hybridized carbons (Fsp3) is 0.200. The van der Waals surface area contributed by atoms with Crippen molar-refractivity contribution in [3.63, 3.8) is 0 Å². The minimum atomic E-state index is -0.703. The molecule has 1 heterocycles. The van der Waals surface area contributed by atoms with E-state index < -0.39 is 23.7 Å². The number of nitrogens with zero attached hydrogens (tertiary/aromatic N) is 1. The minimum absolute atomic E-state index is 0.0913. The molecule has 0 spiro atoms. The van der Waals surface area contributed by atoms with Crippen LogP contribution in [0.3, 0.4) is 0 Å². The van der Waals surface area contributed by atoms with Crippen molar-refractivity contribution in [2.75, 3.05) is 17.3 Å². The molecule has 7 rings (SSSR count). The van der Waals surface area contributed by atoms with E-state index in [9.17, 15) is 24.3 Å². The Bertz CT molecular complexity index is 1900. The zero-order valence-electron chi connectivity index (χ0n) is 23.9. The number of nitrogens with one attached hydrogen (secondary N) is 1. The molecule has 2 N–H and O–H groups in total. The number of phenolic OH excluding ortho intramolecular Hbond substituents is 1. The molecular weight excluding hydrogens is 704 g/mol. The number of methoxy groups -OCH3 is 1. The van der Waals surface area contributed by atoms with Crippen LogP contribution in [0.4, 0.5) is 17.1 Å². The lowest BCUT2D eigenvalue weighted by Crippen LogP contribution is -2.39. The third-order valence-corrected chi connectivity index (χ3v) is 10.3. The second kappa shape index (κ2) is 11.3. The molecule has 226 valence electrons. The lowest BCUT2D eigenvalue weighted by Gasteiger charge is -2.42. The first-order valence-electron chi connectivity index (χ1n) is 14.4. The fourth-order valence-electron chi connectivity index (χ4n) is 7.14. The van der Waals surface area contributed by atoms with Crippen LogP contribution >= 0.6 is 31.9 Å². The van der Waals surface area contributed by atoms with Crippen LogP contribution in [-0.4, -0.2) is 35.6 Å². The Balaban J connectivity index is 1.27. The van der Waals surface area contributed by atoms with Gasteiger partial charge in [0.25, 0.3) is 0 Å². The quantitative estimate of drug-likeness (QED) is 0.167. The van der Waals surface area contributed by atoms with Crippen LogP contribution in [0, 0.1) is 17.8 Å². The van der Waals surface area contributed by atoms with Gasteiger partial charge in [-0.05, 0) is 105 Å². The molecule has 4 atom stereocenters. The van der Waals surface area contributed by atoms with Crippen LogP contribution in [-0.2, 0) is 19.2 Å². The summed E-state index contributed by atoms with van der Waals surface area (Å²) >= 11 is 6.65. The second-order valence-corrected chi connectivity index (χ2v) is 13.2. The van der Waals surface area contributed by atoms with E-state index in [1.165, 1.54) is 18.1 Å². The van der Waals surface area contributed by atoms with E-state index in [2.05, 4.69) is 37.2 Å². The van der Waals surface area contributed by atoms with Crippen molar-refractivity contribution in [1.82, 2.24) is 0 Å². The number of para-hydroxylation sites is 1. The number of hydrogen-bond acceptors (Lipinski definition) is 7. The molecule has 0 radical (unpaired) electrons. The molecule has 0 bridgehead atoms. The van der Waals surface area contributed by atoms with E-state index in [1.807, 2.05) is 48.5 Å². The van der Waals surface area contributed by atoms with Crippen molar-refractivity contribution in [1.29, 1.82) is 0 Å². The standard InChI is InChI=1S/C35H26Br2N2O6/c1-45-28-14-17(13-25(36)33(28)42)29-21-11-12-22-30(23(21)15-24-31(29)27(40)16-26(37)32(24)41)35(44)39(34(22)43)20-9-7-19(8-10-20)38-18-5-3-2-4-6-18/h2-11,13-14,16,22-23,29-30,38,42H,12,15H2,1H3. The van der Waals surface area contributed by atoms with Crippen LogP contribution in [0.15, 0.2) is 105 Å². The smallest absolute Gasteiger partial charge is 0.238 e. The van der Waals surface area contributed by atoms with Gasteiger partial charge in [0, 0.05) is 34.5 Å². The van der Waals surface area contributed by atoms with E-state index in [0.29, 0.717) is 33.3 Å². The summed E-state index contributed by atoms with van der Waals surface area (Å²) in [7, 11) is 1.43. The average molecular weight is 730 g/mol. The molecule has 0 saturated carbocycles. The summed E-state index contributed by atoms with van der Waals surface area (Å²) in [6, 6.07) is 20.2. The Kier molecular flexibility index (Phi) is 7.37. The van der Waals surface area contributed by atoms with E-state index in [1.54, 1.807) is 24.3 Å². The predicted molar refractivity (Wildman–Crippen MR) is 176 cm³/mol. The van der Waals surface area contributed by atoms with Crippen molar-refractivity contribution in [2.45, 2.75) is 18.8 Å². The van der Waals surface area contributed by atoms with Crippen LogP contribution < -0.4 is 15.0 Å². The number of fused-ring (bicyclic) bond motifs is 3. The third-order valence-electron chi connectivity index (χ3n) is 9.12. The summed E-state index contributed by atoms with van der Waals surface area (Å²) in [6.07, 6.45) is 3.73. The summed E-state index contributed by atoms with van der Waals surface area (Å²) in [4.78, 5) is 56.3. The highest BCUT2D eigenvalue weighted by Crippen LogP contribution is 2.56. The topological polar surface area (TPSA) is 113 Å². The first kappa shape index (κ1) is 29.4. The number of ketones is 2. The number of aromatic hydroxyl groups is 1. The maximum Gasteiger partial charge on any atom is 0.238 e. The molecule has 4 aliphatic rings. The van der Waals surface area contributed by atoms with E-state index in [-0.39, 0.29) is 45.8 Å². The lowest BCUT2D eigenvalue weighted by atomic mass is 9.59. The molecule has 3 aromatic carbocycles. The summed E-state index contributed by atoms with van der Waals surface area (Å²) in [5.41, 5.74) is 4.33. The monoisotopic (exact) mass is 728 g/mol. The van der Waals surface area contributed by atoms with Gasteiger partial charge in [-0.1, -0.05) is 29.8 Å². The van der Waals surface area contributed by atoms with Crippen molar-refractivity contribution >= 4 is 72.3 Å². The Labute approximate surface area is 275 Å². The van der Waals surface area contributed by atoms with Gasteiger partial charge in [-0.3, -0.25) is 24.1 Å². The number of Topliss-reactive ketones (excluding diaryl/α,β-unsaturated/α-hetero) is 1. The first-order valence-corrected chi connectivity index (χ1v) is 16.0. The molecular formula is C35H26Br2N2O6. The van der Waals surface area contributed by atoms with E-state index in [4.69, 9.17) is 4.74 Å². The van der Waals surface area contributed by atoms with Gasteiger partial charge < -0.3 is 15.2 Å². The molecule has 1 saturated heterocycles. The van der Waals surface area contributed by atoms with Crippen molar-refractivity contribution in [3.05, 3.63) is 110 Å². The molecule has 0 aromatic heterocycles. The van der Waals surface area contributed by atoms with Gasteiger partial charge in [0.2, 0.25) is 11.8 Å². The minimum Gasteiger partial charge on any atom is -0.503 e. The van der Waals surface area contributed by atoms with Gasteiger partial charge in [0.1, 0.15) is 0 Å². The molecule has 4 unspecified atom stereocenters. The normalized spacial score (nSPS) is 24.1. The van der Waals surface area contributed by atoms with Crippen LogP contribution in [0.1, 0.15) is 24.3 Å². The maximum atomic E-state index is 14.2. The Morgan fingerprint density at radius 2 is 1.62 bits per heavy atom. The fourth-order valence-corrected chi connectivity index (χ4v) is 8.05. The number of allylic oxidation sites excluding steroid dienone is 6. The number of ether oxygens (including phenoxy) is 1. The number of amides is 2. The highest BCUT2D eigenvalue weighted by atomic mass is 79.9. The molecule has 3 aliphatic carbocycles. The number of carbonyl (C=O) groups excluding carboxylic acids is 4. The SMILES string of the molecule is COc1cc(C2C3=CCC4C(=O)N(c5ccc(Nc6ccccc6)cc5)C(=O)C4C3CC3=C2C(=O)C=C(Br)C3=O)cc(Br)c1O. The van der Waals surface area contributed by atoms with Crippen LogP contribution in [0.5, 0.6) is 11.5 Å². The summed E-state index contributed by atoms with van der Waals surface area (Å²) in [6.45, 7) is 0. The third kappa shape index (κ3) is 4.78. The zero-order valence-corrected chi connectivity index (χ0v) is 27.1. The summed E-state index contributed by atoms with van der Waals surface area (Å²) in [5.74, 6) is -3.54. The van der Waals surface area contributed by atoms with Crippen LogP contribution in [0.2, 0.25) is 0 Å². The maximum absolute atomic E-state index is 14.2. The number of rotatable bonds is 5. The van der Waals surface area contributed by atoms with Crippen molar-refractivity contribution in [3.8, 4) is 11.5 Å². The number of hydrogen-bond donors (Lipinski definition) is 2. The van der Waals surface area contributed by atoms with Gasteiger partial charge in [0.05, 0.1) is 33.6 Å². The van der Waals surface area contributed by atoms with Crippen molar-refractivity contribution in [2.24, 2.45) is 17.8 Å². The molecule has 2 amide bonds. The first-order chi connectivity index (χ1) is 21.7. The van der Waals surface area contributed by atoms with Gasteiger partial charge in [-0.2, -0.15) is 0 Å². The summed E-state index contributed by atoms with van der Waals surface area (Å²) < 4.78 is 5.93. The van der Waals surface area contributed by atoms with Gasteiger partial charge in [0.15, 0.2) is 23.1 Å². The molecule has 8 nitrogen and oxygen atoms in total. The number of carbonyl (C=O) groups is 4. The van der Waals surface area contributed by atoms with E-state index >= 15 is 0 Å². The Morgan fingerprint density at radius 1 is 0.911 bits per heavy atom. The van der Waals surface area contributed by atoms with Crippen molar-refractivity contribution < 1.29 is 29.0 Å². The number of anilines is 3. The number of phenols is 1. The Hall–Kier alpha value is -4.28. The predicted octanol–water partition coefficient (Wildman–Crippen LogP) is 6.87. The van der Waals surface area contributed by atoms with Gasteiger partial charge in [-0.15, -0.1) is 0 Å². The zero-order chi connectivity index (χ0) is 31.6. The molecule has 1 fully saturated rings. The van der Waals surface area contributed by atoms with Gasteiger partial charge in [-0.25, -0.2) is 0 Å². The highest BCUT2D eigenvalue weighted by molar-refractivity contribution is 9.12. The average Bonchev–Trinajstić information content (AvgIpc) is 3.30. The summed E-state index contributed by atoms with van der Waals surface area (Å²) in [5, 5.41) is 13.8. The lowest BCUT2D eigenvalue weighted by molar-refractivity contribution is -0.123. The van der Waals surface area contributed by atoms with E-state index in [0.717, 1.165) is 16.9 Å². The van der Waals surface area contributed by atoms with Crippen LogP contribution in [0.25, 0.3) is 0 Å². The molecule has 10 heteroatoms. The highest BCUT2D eigenvalue weighted by Gasteiger charge is 2.56. The van der Waals surface area contributed by atoms with Gasteiger partial charge >= 0.3 is 0 Å². The molecule has 1 aliphatic heterocycles. The largest absolute Gasteiger partial charge is 0.503 e. The second-order valence-electron chi connectivity index (χ2n) is 11.5. The number of benzene rings is 3. The Morgan fingerprint density at radius 3 is 2.33 bits per heavy atom.